The topological polar surface area (TPSA) is 386 Å². The molecule has 0 fully saturated rings. The zero-order chi connectivity index (χ0) is 91.1. The minimum absolute atomic E-state index is 0. The number of rotatable bonds is 18. The summed E-state index contributed by atoms with van der Waals surface area (Å²) in [5.74, 6) is 2.13. The molecular formula is C87H102Cu3F6IN11O12S2. The molecule has 23 nitrogen and oxygen atoms in total. The quantitative estimate of drug-likeness (QED) is 0.0192. The van der Waals surface area contributed by atoms with E-state index in [9.17, 15) is 41.7 Å². The Hall–Kier alpha value is -8.87. The van der Waals surface area contributed by atoms with Crippen LogP contribution in [0.15, 0.2) is 179 Å². The maximum absolute atomic E-state index is 12.4. The van der Waals surface area contributed by atoms with Crippen LogP contribution in [-0.4, -0.2) is 111 Å². The van der Waals surface area contributed by atoms with Crippen molar-refractivity contribution in [1.82, 2.24) is 15.0 Å². The predicted octanol–water partition coefficient (Wildman–Crippen LogP) is 13.4. The molecule has 9 aromatic rings. The van der Waals surface area contributed by atoms with E-state index >= 15 is 0 Å². The second-order valence-corrected chi connectivity index (χ2v) is 32.6. The number of aliphatic imine (C=N–C) groups is 3. The molecule has 3 aromatic heterocycles. The molecule has 0 aliphatic heterocycles. The molecule has 0 N–H and O–H groups in total. The number of alkyl halides is 6. The van der Waals surface area contributed by atoms with Crippen LogP contribution in [0, 0.1) is 22.7 Å². The van der Waals surface area contributed by atoms with Gasteiger partial charge in [0.05, 0.1) is 80.5 Å². The number of hydrogen-bond acceptors (Lipinski definition) is 23. The molecule has 0 saturated heterocycles. The second-order valence-electron chi connectivity index (χ2n) is 28.8. The van der Waals surface area contributed by atoms with Crippen LogP contribution in [0.25, 0.3) is 33.8 Å². The molecule has 671 valence electrons. The molecule has 6 aromatic carbocycles. The van der Waals surface area contributed by atoms with Gasteiger partial charge in [-0.25, -0.2) is 31.8 Å². The number of benzene rings is 6. The molecule has 9 rings (SSSR count). The van der Waals surface area contributed by atoms with E-state index in [-0.39, 0.29) is 68.5 Å². The van der Waals surface area contributed by atoms with Crippen LogP contribution in [0.3, 0.4) is 0 Å². The third-order valence-electron chi connectivity index (χ3n) is 17.0. The number of aromatic nitrogens is 3. The van der Waals surface area contributed by atoms with E-state index in [4.69, 9.17) is 76.7 Å². The molecule has 0 bridgehead atoms. The van der Waals surface area contributed by atoms with Crippen LogP contribution in [-0.2, 0) is 71.4 Å². The summed E-state index contributed by atoms with van der Waals surface area (Å²) in [6, 6.07) is 55.8. The van der Waals surface area contributed by atoms with E-state index in [1.54, 1.807) is 48.5 Å². The van der Waals surface area contributed by atoms with Gasteiger partial charge in [-0.15, -0.1) is 0 Å². The molecule has 0 amide bonds. The number of pyridine rings is 3. The van der Waals surface area contributed by atoms with Crippen molar-refractivity contribution in [2.45, 2.75) is 164 Å². The molecule has 0 unspecified atom stereocenters. The van der Waals surface area contributed by atoms with Gasteiger partial charge in [-0.05, 0) is 143 Å². The van der Waals surface area contributed by atoms with Gasteiger partial charge in [0.15, 0.2) is 20.2 Å². The van der Waals surface area contributed by atoms with Gasteiger partial charge in [-0.3, -0.25) is 15.0 Å². The first-order valence-electron chi connectivity index (χ1n) is 36.9. The molecule has 0 aliphatic rings. The van der Waals surface area contributed by atoms with Crippen molar-refractivity contribution in [1.29, 1.82) is 10.5 Å². The van der Waals surface area contributed by atoms with Gasteiger partial charge >= 0.3 is 62.2 Å². The number of nitriles is 2. The molecule has 35 heteroatoms. The fraction of sp³-hybridized carbons (Fsp3) is 0.356. The molecular weight excluding hydrogens is 1890 g/mol. The molecule has 0 saturated carbocycles. The zero-order valence-corrected chi connectivity index (χ0v) is 78.4. The normalized spacial score (nSPS) is 11.4. The Morgan fingerprint density at radius 2 is 0.541 bits per heavy atom. The molecule has 122 heavy (non-hydrogen) atoms. The summed E-state index contributed by atoms with van der Waals surface area (Å²) in [5, 5.41) is 51.9. The van der Waals surface area contributed by atoms with Crippen molar-refractivity contribution in [2.24, 2.45) is 15.0 Å². The van der Waals surface area contributed by atoms with Gasteiger partial charge in [0.25, 0.3) is 21.1 Å². The summed E-state index contributed by atoms with van der Waals surface area (Å²) >= 11 is -4.01. The minimum atomic E-state index is -6.09. The van der Waals surface area contributed by atoms with Crippen LogP contribution in [0.5, 0.6) is 17.2 Å². The number of halogens is 7. The Bertz CT molecular complexity index is 4700. The minimum Gasteiger partial charge on any atom is -0.872 e. The summed E-state index contributed by atoms with van der Waals surface area (Å²) in [7, 11) is -0.244. The fourth-order valence-corrected chi connectivity index (χ4v) is 10.9. The maximum Gasteiger partial charge on any atom is 2.00 e. The van der Waals surface area contributed by atoms with E-state index in [0.29, 0.717) is 69.3 Å². The van der Waals surface area contributed by atoms with Gasteiger partial charge in [0.2, 0.25) is 0 Å². The van der Waals surface area contributed by atoms with Crippen LogP contribution in [0.2, 0.25) is 0 Å². The van der Waals surface area contributed by atoms with E-state index in [1.807, 2.05) is 151 Å². The summed E-state index contributed by atoms with van der Waals surface area (Å²) in [6.07, 6.45) is 0. The van der Waals surface area contributed by atoms with Crippen molar-refractivity contribution in [2.75, 3.05) is 57.0 Å². The Morgan fingerprint density at radius 1 is 0.377 bits per heavy atom. The standard InChI is InChI=1S/3C27H33N3O.2C2H3N.2CHF3O3S.3Cu.IO3/c3*1-17(2)21-12-10-13-22(18(3)4)27(21)28-19(5)24-15-20(30(6)7)16-25(29-24)23-11-8-9-14-26(23)31;2*1-2-3;2*2-1(3,4)8(5,6)7;;;;2-1(3)4/h3*8-18,31H,1-7H3;2*1H3;2*(H,5,6,7);;;;/q;;;;;;;3*+2;-1/p-5. The van der Waals surface area contributed by atoms with E-state index in [0.717, 1.165) is 68.3 Å². The second kappa shape index (κ2) is 53.3. The SMILES string of the molecule is CC#N.CC#N.CC(=Nc1c(C(C)C)cccc1C(C)C)c1cc(N(C)C)cc(-c2ccccc2[O-])n1.CC(=Nc1c(C(C)C)cccc1C(C)C)c1cc(N(C)C)cc(-c2ccccc2[O-])n1.CC(=Nc1c(C(C)C)cccc1C(C)C)c1cc(N(C)C)cc(-c2ccccc2[O-])n1.O=S(=O)([O-])C(F)(F)F.O=S(=O)([O-])C(F)(F)F.[Cu+2].[Cu+2].[Cu+2].[O-][I+2]([O-])[O-]. The van der Waals surface area contributed by atoms with E-state index in [1.165, 1.54) is 47.2 Å². The van der Waals surface area contributed by atoms with Gasteiger partial charge in [0, 0.05) is 73.2 Å². The molecule has 3 heterocycles. The molecule has 0 atom stereocenters. The van der Waals surface area contributed by atoms with Crippen LogP contribution >= 0.6 is 0 Å². The summed E-state index contributed by atoms with van der Waals surface area (Å²) in [6.45, 7) is 35.2. The number of nitrogens with zero attached hydrogens (tertiary/aromatic N) is 11. The number of hydrogen-bond donors (Lipinski definition) is 0. The third-order valence-corrected chi connectivity index (χ3v) is 18.1. The van der Waals surface area contributed by atoms with Crippen LogP contribution in [0.4, 0.5) is 60.5 Å². The number of anilines is 3. The maximum atomic E-state index is 12.4. The van der Waals surface area contributed by atoms with Gasteiger partial charge in [0.1, 0.15) is 0 Å². The monoisotopic (exact) mass is 1990 g/mol. The first-order chi connectivity index (χ1) is 55.1. The fourth-order valence-electron chi connectivity index (χ4n) is 10.9. The largest absolute Gasteiger partial charge is 2.00 e. The third kappa shape index (κ3) is 36.5. The average Bonchev–Trinajstić information content (AvgIpc) is 0.804. The Balaban J connectivity index is 0. The van der Waals surface area contributed by atoms with Crippen molar-refractivity contribution in [3.63, 3.8) is 0 Å². The summed E-state index contributed by atoms with van der Waals surface area (Å²) in [4.78, 5) is 35.8. The Morgan fingerprint density at radius 3 is 0.680 bits per heavy atom. The van der Waals surface area contributed by atoms with Crippen molar-refractivity contribution < 1.29 is 150 Å². The van der Waals surface area contributed by atoms with Gasteiger partial charge in [-0.1, -0.05) is 228 Å². The van der Waals surface area contributed by atoms with Crippen molar-refractivity contribution in [3.8, 4) is 63.2 Å². The summed E-state index contributed by atoms with van der Waals surface area (Å²) < 4.78 is 144. The molecule has 3 radical (unpaired) electrons. The Kier molecular flexibility index (Phi) is 50.4. The first kappa shape index (κ1) is 115. The van der Waals surface area contributed by atoms with Crippen molar-refractivity contribution >= 4 is 71.5 Å². The molecule has 0 spiro atoms. The van der Waals surface area contributed by atoms with Gasteiger partial charge in [-0.2, -0.15) is 36.9 Å². The van der Waals surface area contributed by atoms with Gasteiger partial charge < -0.3 is 49.4 Å². The molecule has 0 aliphatic carbocycles. The number of para-hydroxylation sites is 6. The van der Waals surface area contributed by atoms with E-state index < -0.39 is 52.3 Å². The zero-order valence-electron chi connectivity index (χ0n) is 71.7. The predicted molar refractivity (Wildman–Crippen MR) is 444 cm³/mol. The van der Waals surface area contributed by atoms with Crippen LogP contribution < -0.4 is 61.4 Å². The Labute approximate surface area is 754 Å². The van der Waals surface area contributed by atoms with Crippen LogP contribution in [0.1, 0.15) is 204 Å². The first-order valence-corrected chi connectivity index (χ1v) is 42.4. The summed E-state index contributed by atoms with van der Waals surface area (Å²) in [5.41, 5.74) is 10.8. The smallest absolute Gasteiger partial charge is 0.872 e. The average molecular weight is 1990 g/mol. The van der Waals surface area contributed by atoms with E-state index in [2.05, 4.69) is 138 Å². The van der Waals surface area contributed by atoms with Crippen molar-refractivity contribution in [3.05, 3.63) is 214 Å².